The van der Waals surface area contributed by atoms with E-state index < -0.39 is 0 Å². The van der Waals surface area contributed by atoms with Crippen molar-refractivity contribution in [2.24, 2.45) is 17.8 Å². The zero-order valence-electron chi connectivity index (χ0n) is 11.8. The molecule has 0 radical (unpaired) electrons. The molecule has 1 aliphatic carbocycles. The van der Waals surface area contributed by atoms with E-state index in [-0.39, 0.29) is 0 Å². The molecule has 0 aromatic heterocycles. The Bertz CT molecular complexity index is 176. The van der Waals surface area contributed by atoms with E-state index in [2.05, 4.69) is 33.0 Å². The lowest BCUT2D eigenvalue weighted by Crippen LogP contribution is -2.27. The molecule has 1 fully saturated rings. The maximum absolute atomic E-state index is 3.53. The molecule has 0 aromatic rings. The molecule has 1 rings (SSSR count). The third kappa shape index (κ3) is 5.34. The van der Waals surface area contributed by atoms with Crippen LogP contribution in [0.25, 0.3) is 0 Å². The number of hydrogen-bond donors (Lipinski definition) is 1. The van der Waals surface area contributed by atoms with Gasteiger partial charge in [-0.05, 0) is 30.7 Å². The maximum atomic E-state index is 3.53. The molecule has 96 valence electrons. The van der Waals surface area contributed by atoms with Crippen LogP contribution < -0.4 is 5.32 Å². The highest BCUT2D eigenvalue weighted by Gasteiger charge is 2.22. The van der Waals surface area contributed by atoms with E-state index in [1.54, 1.807) is 0 Å². The standard InChI is InChI=1S/C15H31N/c1-12(2)16-11-13(3)7-5-9-15-10-6-8-14(15)4/h12-16H,5-11H2,1-4H3. The Morgan fingerprint density at radius 1 is 1.19 bits per heavy atom. The van der Waals surface area contributed by atoms with Crippen LogP contribution in [-0.2, 0) is 0 Å². The van der Waals surface area contributed by atoms with Crippen LogP contribution in [0.2, 0.25) is 0 Å². The van der Waals surface area contributed by atoms with Gasteiger partial charge >= 0.3 is 0 Å². The van der Waals surface area contributed by atoms with Gasteiger partial charge in [0.15, 0.2) is 0 Å². The molecule has 0 bridgehead atoms. The van der Waals surface area contributed by atoms with Crippen molar-refractivity contribution in [2.45, 2.75) is 72.3 Å². The molecule has 3 unspecified atom stereocenters. The molecule has 0 spiro atoms. The summed E-state index contributed by atoms with van der Waals surface area (Å²) in [6, 6.07) is 0.636. The van der Waals surface area contributed by atoms with Gasteiger partial charge in [0.2, 0.25) is 0 Å². The zero-order chi connectivity index (χ0) is 12.0. The summed E-state index contributed by atoms with van der Waals surface area (Å²) in [4.78, 5) is 0. The SMILES string of the molecule is CC(CCCC1CCCC1C)CNC(C)C. The third-order valence-corrected chi connectivity index (χ3v) is 4.19. The Labute approximate surface area is 102 Å². The minimum Gasteiger partial charge on any atom is -0.314 e. The van der Waals surface area contributed by atoms with Gasteiger partial charge in [-0.15, -0.1) is 0 Å². The molecular weight excluding hydrogens is 194 g/mol. The fourth-order valence-electron chi connectivity index (χ4n) is 2.92. The largest absolute Gasteiger partial charge is 0.314 e. The number of nitrogens with one attached hydrogen (secondary N) is 1. The van der Waals surface area contributed by atoms with Crippen molar-refractivity contribution in [1.82, 2.24) is 5.32 Å². The van der Waals surface area contributed by atoms with Crippen molar-refractivity contribution in [3.05, 3.63) is 0 Å². The summed E-state index contributed by atoms with van der Waals surface area (Å²) in [5.74, 6) is 2.90. The molecule has 0 aliphatic heterocycles. The van der Waals surface area contributed by atoms with Crippen LogP contribution >= 0.6 is 0 Å². The summed E-state index contributed by atoms with van der Waals surface area (Å²) in [5, 5.41) is 3.53. The summed E-state index contributed by atoms with van der Waals surface area (Å²) in [7, 11) is 0. The monoisotopic (exact) mass is 225 g/mol. The Morgan fingerprint density at radius 3 is 2.50 bits per heavy atom. The fourth-order valence-corrected chi connectivity index (χ4v) is 2.92. The molecule has 1 N–H and O–H groups in total. The van der Waals surface area contributed by atoms with Gasteiger partial charge in [0.25, 0.3) is 0 Å². The zero-order valence-corrected chi connectivity index (χ0v) is 11.8. The first-order valence-corrected chi connectivity index (χ1v) is 7.33. The summed E-state index contributed by atoms with van der Waals surface area (Å²) in [5.41, 5.74) is 0. The van der Waals surface area contributed by atoms with E-state index in [1.807, 2.05) is 0 Å². The molecular formula is C15H31N. The minimum absolute atomic E-state index is 0.636. The predicted octanol–water partition coefficient (Wildman–Crippen LogP) is 4.23. The van der Waals surface area contributed by atoms with Crippen LogP contribution in [-0.4, -0.2) is 12.6 Å². The van der Waals surface area contributed by atoms with Gasteiger partial charge in [0, 0.05) is 6.04 Å². The molecule has 1 heteroatoms. The van der Waals surface area contributed by atoms with Crippen molar-refractivity contribution in [1.29, 1.82) is 0 Å². The van der Waals surface area contributed by atoms with Gasteiger partial charge < -0.3 is 5.32 Å². The van der Waals surface area contributed by atoms with Crippen molar-refractivity contribution >= 4 is 0 Å². The van der Waals surface area contributed by atoms with Gasteiger partial charge in [-0.25, -0.2) is 0 Å². The van der Waals surface area contributed by atoms with E-state index in [0.29, 0.717) is 6.04 Å². The Hall–Kier alpha value is -0.0400. The summed E-state index contributed by atoms with van der Waals surface area (Å²) < 4.78 is 0. The minimum atomic E-state index is 0.636. The van der Waals surface area contributed by atoms with Crippen LogP contribution in [0.3, 0.4) is 0 Å². The van der Waals surface area contributed by atoms with Crippen molar-refractivity contribution in [3.63, 3.8) is 0 Å². The van der Waals surface area contributed by atoms with E-state index >= 15 is 0 Å². The van der Waals surface area contributed by atoms with Gasteiger partial charge in [-0.3, -0.25) is 0 Å². The van der Waals surface area contributed by atoms with E-state index in [4.69, 9.17) is 0 Å². The molecule has 0 aromatic carbocycles. The highest BCUT2D eigenvalue weighted by molar-refractivity contribution is 4.74. The summed E-state index contributed by atoms with van der Waals surface area (Å²) in [6.07, 6.45) is 8.79. The van der Waals surface area contributed by atoms with E-state index in [9.17, 15) is 0 Å². The smallest absolute Gasteiger partial charge is 0.00104 e. The second-order valence-electron chi connectivity index (χ2n) is 6.27. The number of rotatable bonds is 7. The van der Waals surface area contributed by atoms with Gasteiger partial charge in [-0.2, -0.15) is 0 Å². The molecule has 3 atom stereocenters. The van der Waals surface area contributed by atoms with E-state index in [1.165, 1.54) is 45.1 Å². The fraction of sp³-hybridized carbons (Fsp3) is 1.00. The lowest BCUT2D eigenvalue weighted by atomic mass is 9.91. The topological polar surface area (TPSA) is 12.0 Å². The lowest BCUT2D eigenvalue weighted by molar-refractivity contribution is 0.354. The van der Waals surface area contributed by atoms with Crippen LogP contribution in [0.5, 0.6) is 0 Å². The second kappa shape index (κ2) is 7.32. The summed E-state index contributed by atoms with van der Waals surface area (Å²) >= 11 is 0. The van der Waals surface area contributed by atoms with Gasteiger partial charge in [-0.1, -0.05) is 59.8 Å². The van der Waals surface area contributed by atoms with Crippen LogP contribution in [0, 0.1) is 17.8 Å². The predicted molar refractivity (Wildman–Crippen MR) is 72.7 cm³/mol. The average Bonchev–Trinajstić information content (AvgIpc) is 2.61. The third-order valence-electron chi connectivity index (χ3n) is 4.19. The molecule has 1 saturated carbocycles. The normalized spacial score (nSPS) is 27.6. The molecule has 16 heavy (non-hydrogen) atoms. The maximum Gasteiger partial charge on any atom is 0.00104 e. The van der Waals surface area contributed by atoms with E-state index in [0.717, 1.165) is 17.8 Å². The van der Waals surface area contributed by atoms with Crippen LogP contribution in [0.4, 0.5) is 0 Å². The Balaban J connectivity index is 2.01. The van der Waals surface area contributed by atoms with Gasteiger partial charge in [0.1, 0.15) is 0 Å². The van der Waals surface area contributed by atoms with Crippen LogP contribution in [0.1, 0.15) is 66.2 Å². The number of hydrogen-bond acceptors (Lipinski definition) is 1. The van der Waals surface area contributed by atoms with Gasteiger partial charge in [0.05, 0.1) is 0 Å². The lowest BCUT2D eigenvalue weighted by Gasteiger charge is -2.18. The molecule has 0 heterocycles. The highest BCUT2D eigenvalue weighted by Crippen LogP contribution is 2.34. The molecule has 0 saturated heterocycles. The molecule has 1 aliphatic rings. The van der Waals surface area contributed by atoms with Crippen LogP contribution in [0.15, 0.2) is 0 Å². The molecule has 0 amide bonds. The highest BCUT2D eigenvalue weighted by atomic mass is 14.9. The first-order chi connectivity index (χ1) is 7.59. The molecule has 1 nitrogen and oxygen atoms in total. The average molecular weight is 225 g/mol. The Kier molecular flexibility index (Phi) is 6.41. The second-order valence-corrected chi connectivity index (χ2v) is 6.27. The van der Waals surface area contributed by atoms with Crippen molar-refractivity contribution in [3.8, 4) is 0 Å². The van der Waals surface area contributed by atoms with Crippen molar-refractivity contribution in [2.75, 3.05) is 6.54 Å². The Morgan fingerprint density at radius 2 is 1.94 bits per heavy atom. The quantitative estimate of drug-likeness (QED) is 0.684. The summed E-state index contributed by atoms with van der Waals surface area (Å²) in [6.45, 7) is 10.5. The van der Waals surface area contributed by atoms with Crippen molar-refractivity contribution < 1.29 is 0 Å². The first-order valence-electron chi connectivity index (χ1n) is 7.33. The first kappa shape index (κ1) is 14.0.